The predicted octanol–water partition coefficient (Wildman–Crippen LogP) is 5.42. The summed E-state index contributed by atoms with van der Waals surface area (Å²) in [6.45, 7) is 6.80. The first-order valence-electron chi connectivity index (χ1n) is 10.2. The zero-order valence-electron chi connectivity index (χ0n) is 17.2. The van der Waals surface area contributed by atoms with Gasteiger partial charge in [0.15, 0.2) is 0 Å². The lowest BCUT2D eigenvalue weighted by molar-refractivity contribution is -0.117. The lowest BCUT2D eigenvalue weighted by Crippen LogP contribution is -2.32. The number of rotatable bonds is 7. The Labute approximate surface area is 177 Å². The Hall–Kier alpha value is -2.53. The number of hydrogen-bond acceptors (Lipinski definition) is 3. The number of hydrogen-bond donors (Lipinski definition) is 2. The van der Waals surface area contributed by atoms with E-state index < -0.39 is 6.04 Å². The van der Waals surface area contributed by atoms with E-state index in [1.807, 2.05) is 37.3 Å². The number of nitrogens with one attached hydrogen (secondary N) is 2. The molecule has 0 spiro atoms. The molecule has 3 rings (SSSR count). The van der Waals surface area contributed by atoms with Crippen LogP contribution in [0.3, 0.4) is 0 Å². The molecule has 2 unspecified atom stereocenters. The summed E-state index contributed by atoms with van der Waals surface area (Å²) in [6.07, 6.45) is 2.42. The van der Waals surface area contributed by atoms with E-state index in [9.17, 15) is 9.59 Å². The van der Waals surface area contributed by atoms with Crippen LogP contribution in [-0.2, 0) is 9.59 Å². The predicted molar refractivity (Wildman–Crippen MR) is 120 cm³/mol. The van der Waals surface area contributed by atoms with Crippen LogP contribution >= 0.6 is 11.6 Å². The fourth-order valence-corrected chi connectivity index (χ4v) is 3.82. The molecule has 29 heavy (non-hydrogen) atoms. The van der Waals surface area contributed by atoms with Crippen LogP contribution in [0.15, 0.2) is 42.5 Å². The number of amides is 2. The summed E-state index contributed by atoms with van der Waals surface area (Å²) in [6, 6.07) is 12.9. The van der Waals surface area contributed by atoms with Gasteiger partial charge in [0.25, 0.3) is 0 Å². The van der Waals surface area contributed by atoms with E-state index in [-0.39, 0.29) is 11.8 Å². The Bertz CT molecular complexity index is 899. The van der Waals surface area contributed by atoms with Crippen molar-refractivity contribution in [2.24, 2.45) is 0 Å². The summed E-state index contributed by atoms with van der Waals surface area (Å²) >= 11 is 6.40. The monoisotopic (exact) mass is 413 g/mol. The summed E-state index contributed by atoms with van der Waals surface area (Å²) in [5.74, 6) is 0.352. The zero-order chi connectivity index (χ0) is 21.0. The van der Waals surface area contributed by atoms with Crippen LogP contribution in [0.1, 0.15) is 51.5 Å². The molecule has 2 amide bonds. The molecular weight excluding hydrogens is 386 g/mol. The SMILES string of the molecule is CCC(C)c1ccccc1NC(=O)C(C)Nc1ccc(N2CCCC2=O)c(Cl)c1. The molecule has 5 nitrogen and oxygen atoms in total. The van der Waals surface area contributed by atoms with Crippen molar-refractivity contribution in [1.82, 2.24) is 0 Å². The largest absolute Gasteiger partial charge is 0.374 e. The number of carbonyl (C=O) groups excluding carboxylic acids is 2. The van der Waals surface area contributed by atoms with Gasteiger partial charge in [-0.2, -0.15) is 0 Å². The maximum atomic E-state index is 12.7. The molecule has 0 saturated carbocycles. The minimum atomic E-state index is -0.449. The molecule has 0 radical (unpaired) electrons. The summed E-state index contributed by atoms with van der Waals surface area (Å²) < 4.78 is 0. The summed E-state index contributed by atoms with van der Waals surface area (Å²) in [5.41, 5.74) is 3.45. The van der Waals surface area contributed by atoms with E-state index in [0.29, 0.717) is 23.9 Å². The zero-order valence-corrected chi connectivity index (χ0v) is 17.9. The van der Waals surface area contributed by atoms with Crippen molar-refractivity contribution in [2.75, 3.05) is 22.1 Å². The number of nitrogens with zero attached hydrogens (tertiary/aromatic N) is 1. The third kappa shape index (κ3) is 4.91. The van der Waals surface area contributed by atoms with E-state index in [0.717, 1.165) is 35.5 Å². The van der Waals surface area contributed by atoms with Gasteiger partial charge in [0.05, 0.1) is 10.7 Å². The van der Waals surface area contributed by atoms with E-state index in [2.05, 4.69) is 30.5 Å². The minimum absolute atomic E-state index is 0.0975. The highest BCUT2D eigenvalue weighted by molar-refractivity contribution is 6.34. The first-order valence-corrected chi connectivity index (χ1v) is 10.5. The van der Waals surface area contributed by atoms with E-state index in [1.165, 1.54) is 0 Å². The molecule has 0 aromatic heterocycles. The molecule has 0 aliphatic carbocycles. The number of carbonyl (C=O) groups is 2. The summed E-state index contributed by atoms with van der Waals surface area (Å²) in [7, 11) is 0. The molecule has 6 heteroatoms. The summed E-state index contributed by atoms with van der Waals surface area (Å²) in [4.78, 5) is 26.4. The van der Waals surface area contributed by atoms with Gasteiger partial charge in [0.2, 0.25) is 11.8 Å². The molecule has 1 fully saturated rings. The van der Waals surface area contributed by atoms with Crippen molar-refractivity contribution in [1.29, 1.82) is 0 Å². The second-order valence-corrected chi connectivity index (χ2v) is 7.97. The molecule has 1 heterocycles. The average Bonchev–Trinajstić information content (AvgIpc) is 3.13. The highest BCUT2D eigenvalue weighted by atomic mass is 35.5. The molecule has 2 aromatic carbocycles. The molecular formula is C23H28ClN3O2. The third-order valence-corrected chi connectivity index (χ3v) is 5.75. The third-order valence-electron chi connectivity index (χ3n) is 5.45. The van der Waals surface area contributed by atoms with Gasteiger partial charge in [0.1, 0.15) is 6.04 Å². The van der Waals surface area contributed by atoms with Gasteiger partial charge in [0, 0.05) is 24.3 Å². The van der Waals surface area contributed by atoms with Crippen molar-refractivity contribution in [3.63, 3.8) is 0 Å². The Morgan fingerprint density at radius 3 is 2.62 bits per heavy atom. The van der Waals surface area contributed by atoms with Crippen molar-refractivity contribution in [3.8, 4) is 0 Å². The molecule has 1 aliphatic heterocycles. The molecule has 2 N–H and O–H groups in total. The lowest BCUT2D eigenvalue weighted by atomic mass is 9.97. The number of halogens is 1. The molecule has 2 atom stereocenters. The fraction of sp³-hybridized carbons (Fsp3) is 0.391. The van der Waals surface area contributed by atoms with Crippen LogP contribution in [0, 0.1) is 0 Å². The highest BCUT2D eigenvalue weighted by Crippen LogP contribution is 2.32. The number of para-hydroxylation sites is 1. The highest BCUT2D eigenvalue weighted by Gasteiger charge is 2.24. The molecule has 2 aromatic rings. The van der Waals surface area contributed by atoms with Crippen LogP contribution in [-0.4, -0.2) is 24.4 Å². The quantitative estimate of drug-likeness (QED) is 0.637. The topological polar surface area (TPSA) is 61.4 Å². The Morgan fingerprint density at radius 1 is 1.21 bits per heavy atom. The van der Waals surface area contributed by atoms with Crippen LogP contribution in [0.2, 0.25) is 5.02 Å². The van der Waals surface area contributed by atoms with Crippen LogP contribution < -0.4 is 15.5 Å². The van der Waals surface area contributed by atoms with Crippen LogP contribution in [0.4, 0.5) is 17.1 Å². The van der Waals surface area contributed by atoms with Crippen LogP contribution in [0.5, 0.6) is 0 Å². The van der Waals surface area contributed by atoms with Crippen molar-refractivity contribution in [2.45, 2.75) is 52.0 Å². The Balaban J connectivity index is 1.67. The first-order chi connectivity index (χ1) is 13.9. The maximum Gasteiger partial charge on any atom is 0.246 e. The normalized spacial score (nSPS) is 15.9. The second-order valence-electron chi connectivity index (χ2n) is 7.57. The molecule has 1 saturated heterocycles. The van der Waals surface area contributed by atoms with Gasteiger partial charge < -0.3 is 15.5 Å². The average molecular weight is 414 g/mol. The van der Waals surface area contributed by atoms with E-state index in [4.69, 9.17) is 11.6 Å². The van der Waals surface area contributed by atoms with E-state index in [1.54, 1.807) is 11.0 Å². The van der Waals surface area contributed by atoms with Crippen LogP contribution in [0.25, 0.3) is 0 Å². The standard InChI is InChI=1S/C23H28ClN3O2/c1-4-15(2)18-8-5-6-9-20(18)26-23(29)16(3)25-17-11-12-21(19(24)14-17)27-13-7-10-22(27)28/h5-6,8-9,11-12,14-16,25H,4,7,10,13H2,1-3H3,(H,26,29). The van der Waals surface area contributed by atoms with Crippen molar-refractivity contribution >= 4 is 40.5 Å². The number of anilines is 3. The molecule has 1 aliphatic rings. The Kier molecular flexibility index (Phi) is 6.80. The Morgan fingerprint density at radius 2 is 1.97 bits per heavy atom. The van der Waals surface area contributed by atoms with Gasteiger partial charge in [-0.15, -0.1) is 0 Å². The second kappa shape index (κ2) is 9.31. The minimum Gasteiger partial charge on any atom is -0.374 e. The molecule has 0 bridgehead atoms. The van der Waals surface area contributed by atoms with Gasteiger partial charge in [-0.1, -0.05) is 43.6 Å². The number of benzene rings is 2. The van der Waals surface area contributed by atoms with Gasteiger partial charge in [-0.3, -0.25) is 9.59 Å². The van der Waals surface area contributed by atoms with Gasteiger partial charge in [-0.25, -0.2) is 0 Å². The summed E-state index contributed by atoms with van der Waals surface area (Å²) in [5, 5.41) is 6.73. The fourth-order valence-electron chi connectivity index (χ4n) is 3.54. The van der Waals surface area contributed by atoms with E-state index >= 15 is 0 Å². The van der Waals surface area contributed by atoms with Gasteiger partial charge in [-0.05, 0) is 55.5 Å². The van der Waals surface area contributed by atoms with Crippen molar-refractivity contribution < 1.29 is 9.59 Å². The lowest BCUT2D eigenvalue weighted by Gasteiger charge is -2.21. The molecule has 154 valence electrons. The van der Waals surface area contributed by atoms with Gasteiger partial charge >= 0.3 is 0 Å². The first kappa shape index (κ1) is 21.2. The smallest absolute Gasteiger partial charge is 0.246 e. The maximum absolute atomic E-state index is 12.7. The van der Waals surface area contributed by atoms with Crippen molar-refractivity contribution in [3.05, 3.63) is 53.1 Å².